The molecule has 0 saturated carbocycles. The van der Waals surface area contributed by atoms with Crippen LogP contribution in [0.5, 0.6) is 5.75 Å². The molecule has 3 aromatic carbocycles. The van der Waals surface area contributed by atoms with Gasteiger partial charge in [0, 0.05) is 36.0 Å². The van der Waals surface area contributed by atoms with E-state index >= 15 is 0 Å². The Labute approximate surface area is 240 Å². The van der Waals surface area contributed by atoms with Crippen molar-refractivity contribution in [2.45, 2.75) is 38.0 Å². The van der Waals surface area contributed by atoms with Crippen LogP contribution in [0.15, 0.2) is 76.2 Å². The minimum atomic E-state index is -1.22. The van der Waals surface area contributed by atoms with Gasteiger partial charge in [0.2, 0.25) is 5.90 Å². The number of aliphatic hydroxyl groups is 1. The first-order valence-corrected chi connectivity index (χ1v) is 13.7. The lowest BCUT2D eigenvalue weighted by atomic mass is 9.86. The molecular formula is C28H28BrCl2N3O4. The van der Waals surface area contributed by atoms with Crippen LogP contribution in [0.3, 0.4) is 0 Å². The molecule has 3 N–H and O–H groups in total. The van der Waals surface area contributed by atoms with Gasteiger partial charge in [-0.1, -0.05) is 63.4 Å². The number of aliphatic hydroxyl groups excluding tert-OH is 1. The zero-order valence-corrected chi connectivity index (χ0v) is 23.8. The van der Waals surface area contributed by atoms with Crippen molar-refractivity contribution >= 4 is 50.9 Å². The van der Waals surface area contributed by atoms with Crippen LogP contribution in [0, 0.1) is 0 Å². The lowest BCUT2D eigenvalue weighted by Crippen LogP contribution is -2.55. The Morgan fingerprint density at radius 1 is 1.13 bits per heavy atom. The number of rotatable bonds is 11. The van der Waals surface area contributed by atoms with Crippen molar-refractivity contribution in [3.8, 4) is 5.75 Å². The number of hydrogen-bond acceptors (Lipinski definition) is 6. The molecule has 7 nitrogen and oxygen atoms in total. The second kappa shape index (κ2) is 13.0. The number of nitrogens with zero attached hydrogens (tertiary/aromatic N) is 1. The van der Waals surface area contributed by atoms with Gasteiger partial charge in [0.15, 0.2) is 5.54 Å². The molecule has 1 aliphatic rings. The third-order valence-electron chi connectivity index (χ3n) is 6.22. The first kappa shape index (κ1) is 28.4. The number of hydrazine groups is 1. The Bertz CT molecular complexity index is 1310. The van der Waals surface area contributed by atoms with Crippen molar-refractivity contribution in [1.29, 1.82) is 0 Å². The number of benzene rings is 3. The lowest BCUT2D eigenvalue weighted by molar-refractivity contribution is -0.129. The van der Waals surface area contributed by atoms with E-state index in [9.17, 15) is 4.79 Å². The van der Waals surface area contributed by atoms with Gasteiger partial charge in [0.25, 0.3) is 5.91 Å². The lowest BCUT2D eigenvalue weighted by Gasteiger charge is -2.28. The van der Waals surface area contributed by atoms with Gasteiger partial charge in [-0.05, 0) is 60.5 Å². The van der Waals surface area contributed by atoms with Gasteiger partial charge in [0.05, 0.1) is 16.7 Å². The van der Waals surface area contributed by atoms with E-state index < -0.39 is 11.6 Å². The van der Waals surface area contributed by atoms with E-state index in [0.29, 0.717) is 47.7 Å². The molecule has 1 heterocycles. The molecule has 0 radical (unpaired) electrons. The first-order valence-electron chi connectivity index (χ1n) is 12.1. The van der Waals surface area contributed by atoms with Crippen molar-refractivity contribution in [2.24, 2.45) is 4.99 Å². The maximum Gasteiger partial charge on any atom is 0.266 e. The normalized spacial score (nSPS) is 18.6. The topological polar surface area (TPSA) is 92.2 Å². The molecule has 4 rings (SSSR count). The quantitative estimate of drug-likeness (QED) is 0.195. The van der Waals surface area contributed by atoms with Crippen molar-refractivity contribution in [2.75, 3.05) is 13.2 Å². The van der Waals surface area contributed by atoms with Crippen LogP contribution in [-0.4, -0.2) is 41.8 Å². The molecular weight excluding hydrogens is 593 g/mol. The van der Waals surface area contributed by atoms with Crippen LogP contribution in [0.2, 0.25) is 10.0 Å². The van der Waals surface area contributed by atoms with Gasteiger partial charge < -0.3 is 14.6 Å². The highest BCUT2D eigenvalue weighted by molar-refractivity contribution is 9.10. The number of carbonyl (C=O) groups excluding carboxylic acids is 1. The fourth-order valence-corrected chi connectivity index (χ4v) is 4.81. The number of hydrogen-bond donors (Lipinski definition) is 3. The summed E-state index contributed by atoms with van der Waals surface area (Å²) in [7, 11) is 0. The van der Waals surface area contributed by atoms with E-state index in [0.717, 1.165) is 21.2 Å². The van der Waals surface area contributed by atoms with E-state index in [2.05, 4.69) is 26.8 Å². The van der Waals surface area contributed by atoms with Crippen LogP contribution in [0.4, 0.5) is 0 Å². The Balaban J connectivity index is 1.56. The van der Waals surface area contributed by atoms with E-state index in [1.165, 1.54) is 0 Å². The fourth-order valence-electron chi connectivity index (χ4n) is 4.06. The third kappa shape index (κ3) is 6.68. The molecule has 2 atom stereocenters. The van der Waals surface area contributed by atoms with Crippen molar-refractivity contribution in [3.63, 3.8) is 0 Å². The number of amides is 1. The number of nitrogens with one attached hydrogen (secondary N) is 2. The maximum atomic E-state index is 13.7. The maximum absolute atomic E-state index is 13.7. The number of aliphatic imine (C=N–C) groups is 1. The predicted molar refractivity (Wildman–Crippen MR) is 153 cm³/mol. The summed E-state index contributed by atoms with van der Waals surface area (Å²) >= 11 is 15.7. The standard InChI is InChI=1S/C28H28BrCl2N3O4/c1-18-28(16-21-5-2-3-6-23(21)29,27(36)34-32-17-19-7-12-24(30)25(31)15-19)33-26(38-18)20-8-10-22(11-9-20)37-14-4-13-35/h2-3,5-12,15,18,32,35H,4,13-14,16-17H2,1H3,(H,34,36)/t18-,28-/m0/s1. The fraction of sp³-hybridized carbons (Fsp3) is 0.286. The van der Waals surface area contributed by atoms with E-state index in [4.69, 9.17) is 42.8 Å². The largest absolute Gasteiger partial charge is 0.494 e. The summed E-state index contributed by atoms with van der Waals surface area (Å²) < 4.78 is 12.7. The van der Waals surface area contributed by atoms with Crippen molar-refractivity contribution in [1.82, 2.24) is 10.9 Å². The van der Waals surface area contributed by atoms with Crippen molar-refractivity contribution < 1.29 is 19.4 Å². The Kier molecular flexibility index (Phi) is 9.68. The van der Waals surface area contributed by atoms with Crippen LogP contribution in [0.25, 0.3) is 0 Å². The molecule has 0 unspecified atom stereocenters. The van der Waals surface area contributed by atoms with Crippen molar-refractivity contribution in [3.05, 3.63) is 97.9 Å². The van der Waals surface area contributed by atoms with Crippen LogP contribution >= 0.6 is 39.1 Å². The van der Waals surface area contributed by atoms with E-state index in [-0.39, 0.29) is 12.5 Å². The average Bonchev–Trinajstić information content (AvgIpc) is 3.25. The summed E-state index contributed by atoms with van der Waals surface area (Å²) in [4.78, 5) is 18.6. The molecule has 0 fully saturated rings. The van der Waals surface area contributed by atoms with Gasteiger partial charge in [-0.3, -0.25) is 10.2 Å². The van der Waals surface area contributed by atoms with Gasteiger partial charge in [-0.2, -0.15) is 0 Å². The van der Waals surface area contributed by atoms with E-state index in [1.807, 2.05) is 61.5 Å². The van der Waals surface area contributed by atoms with Gasteiger partial charge in [0.1, 0.15) is 11.9 Å². The Morgan fingerprint density at radius 2 is 1.89 bits per heavy atom. The smallest absolute Gasteiger partial charge is 0.266 e. The van der Waals surface area contributed by atoms with Crippen LogP contribution < -0.4 is 15.6 Å². The molecule has 1 amide bonds. The SMILES string of the molecule is C[C@@H]1OC(c2ccc(OCCCO)cc2)=N[C@]1(Cc1ccccc1Br)C(=O)NNCc1ccc(Cl)c(Cl)c1. The van der Waals surface area contributed by atoms with Crippen LogP contribution in [-0.2, 0) is 22.5 Å². The molecule has 0 spiro atoms. The number of carbonyl (C=O) groups is 1. The summed E-state index contributed by atoms with van der Waals surface area (Å²) in [5, 5.41) is 9.86. The van der Waals surface area contributed by atoms with Crippen LogP contribution in [0.1, 0.15) is 30.0 Å². The zero-order chi connectivity index (χ0) is 27.1. The molecule has 38 heavy (non-hydrogen) atoms. The highest BCUT2D eigenvalue weighted by atomic mass is 79.9. The first-order chi connectivity index (χ1) is 18.3. The Hall–Kier alpha value is -2.62. The molecule has 0 bridgehead atoms. The predicted octanol–water partition coefficient (Wildman–Crippen LogP) is 5.48. The monoisotopic (exact) mass is 619 g/mol. The second-order valence-corrected chi connectivity index (χ2v) is 10.5. The molecule has 0 aromatic heterocycles. The Morgan fingerprint density at radius 3 is 2.61 bits per heavy atom. The molecule has 3 aromatic rings. The molecule has 10 heteroatoms. The van der Waals surface area contributed by atoms with Gasteiger partial charge >= 0.3 is 0 Å². The highest BCUT2D eigenvalue weighted by Crippen LogP contribution is 2.34. The summed E-state index contributed by atoms with van der Waals surface area (Å²) in [6.45, 7) is 2.69. The summed E-state index contributed by atoms with van der Waals surface area (Å²) in [5.74, 6) is 0.739. The highest BCUT2D eigenvalue weighted by Gasteiger charge is 2.50. The average molecular weight is 621 g/mol. The van der Waals surface area contributed by atoms with Gasteiger partial charge in [-0.25, -0.2) is 10.4 Å². The second-order valence-electron chi connectivity index (χ2n) is 8.88. The molecule has 200 valence electrons. The minimum absolute atomic E-state index is 0.0740. The summed E-state index contributed by atoms with van der Waals surface area (Å²) in [5.41, 5.74) is 7.11. The zero-order valence-electron chi connectivity index (χ0n) is 20.7. The van der Waals surface area contributed by atoms with E-state index in [1.54, 1.807) is 12.1 Å². The molecule has 1 aliphatic heterocycles. The summed E-state index contributed by atoms with van der Waals surface area (Å²) in [6.07, 6.45) is 0.333. The van der Waals surface area contributed by atoms with Gasteiger partial charge in [-0.15, -0.1) is 0 Å². The number of ether oxygens (including phenoxy) is 2. The molecule has 0 aliphatic carbocycles. The minimum Gasteiger partial charge on any atom is -0.494 e. The number of halogens is 3. The third-order valence-corrected chi connectivity index (χ3v) is 7.74. The molecule has 0 saturated heterocycles. The summed E-state index contributed by atoms with van der Waals surface area (Å²) in [6, 6.07) is 20.3.